The molecule has 2 rings (SSSR count). The molecular weight excluding hydrogens is 181 g/mol. The summed E-state index contributed by atoms with van der Waals surface area (Å²) in [7, 11) is 0. The maximum absolute atomic E-state index is 13.1. The van der Waals surface area contributed by atoms with Crippen LogP contribution in [0.2, 0.25) is 5.02 Å². The molecule has 0 aromatic heterocycles. The second-order valence-electron chi connectivity index (χ2n) is 2.69. The molecule has 0 amide bonds. The first-order chi connectivity index (χ1) is 5.70. The first kappa shape index (κ1) is 7.83. The summed E-state index contributed by atoms with van der Waals surface area (Å²) < 4.78 is 18.2. The van der Waals surface area contributed by atoms with Crippen molar-refractivity contribution in [3.63, 3.8) is 0 Å². The van der Waals surface area contributed by atoms with Crippen LogP contribution in [0.3, 0.4) is 0 Å². The van der Waals surface area contributed by atoms with E-state index in [1.54, 1.807) is 0 Å². The lowest BCUT2D eigenvalue weighted by molar-refractivity contribution is 0.333. The van der Waals surface area contributed by atoms with Crippen LogP contribution in [0.1, 0.15) is 11.6 Å². The summed E-state index contributed by atoms with van der Waals surface area (Å²) in [4.78, 5) is 0. The minimum Gasteiger partial charge on any atom is -0.490 e. The summed E-state index contributed by atoms with van der Waals surface area (Å²) in [6.07, 6.45) is 0. The normalized spacial score (nSPS) is 20.4. The maximum atomic E-state index is 13.1. The Morgan fingerprint density at radius 3 is 3.00 bits per heavy atom. The largest absolute Gasteiger partial charge is 0.490 e. The van der Waals surface area contributed by atoms with Gasteiger partial charge in [0.25, 0.3) is 0 Å². The summed E-state index contributed by atoms with van der Waals surface area (Å²) in [6.45, 7) is 0.302. The molecule has 0 fully saturated rings. The average molecular weight is 188 g/mol. The zero-order chi connectivity index (χ0) is 8.72. The Bertz CT molecular complexity index is 329. The van der Waals surface area contributed by atoms with Crippen molar-refractivity contribution in [2.75, 3.05) is 6.61 Å². The highest BCUT2D eigenvalue weighted by Crippen LogP contribution is 2.38. The van der Waals surface area contributed by atoms with Crippen LogP contribution in [0.25, 0.3) is 0 Å². The third kappa shape index (κ3) is 0.974. The van der Waals surface area contributed by atoms with E-state index >= 15 is 0 Å². The van der Waals surface area contributed by atoms with Gasteiger partial charge in [0.15, 0.2) is 0 Å². The van der Waals surface area contributed by atoms with Crippen molar-refractivity contribution in [3.05, 3.63) is 28.5 Å². The van der Waals surface area contributed by atoms with Crippen LogP contribution in [-0.4, -0.2) is 6.61 Å². The van der Waals surface area contributed by atoms with E-state index in [0.29, 0.717) is 22.9 Å². The fraction of sp³-hybridized carbons (Fsp3) is 0.250. The van der Waals surface area contributed by atoms with E-state index in [-0.39, 0.29) is 5.82 Å². The molecule has 1 aromatic rings. The van der Waals surface area contributed by atoms with Gasteiger partial charge >= 0.3 is 0 Å². The monoisotopic (exact) mass is 187 g/mol. The van der Waals surface area contributed by atoms with Crippen molar-refractivity contribution < 1.29 is 9.13 Å². The summed E-state index contributed by atoms with van der Waals surface area (Å²) >= 11 is 5.76. The molecule has 12 heavy (non-hydrogen) atoms. The van der Waals surface area contributed by atoms with Gasteiger partial charge in [0.2, 0.25) is 0 Å². The summed E-state index contributed by atoms with van der Waals surface area (Å²) in [5.74, 6) is 0.0450. The van der Waals surface area contributed by atoms with Crippen molar-refractivity contribution in [2.45, 2.75) is 6.04 Å². The van der Waals surface area contributed by atoms with Gasteiger partial charge in [0.1, 0.15) is 18.2 Å². The first-order valence-corrected chi connectivity index (χ1v) is 3.94. The Morgan fingerprint density at radius 1 is 1.58 bits per heavy atom. The van der Waals surface area contributed by atoms with Gasteiger partial charge in [-0.05, 0) is 12.1 Å². The van der Waals surface area contributed by atoms with Gasteiger partial charge < -0.3 is 10.5 Å². The molecule has 1 aromatic carbocycles. The van der Waals surface area contributed by atoms with Gasteiger partial charge in [-0.25, -0.2) is 4.39 Å². The summed E-state index contributed by atoms with van der Waals surface area (Å²) in [6, 6.07) is 2.38. The number of ether oxygens (including phenoxy) is 1. The van der Waals surface area contributed by atoms with Gasteiger partial charge in [-0.3, -0.25) is 0 Å². The number of benzene rings is 1. The Labute approximate surface area is 74.1 Å². The molecule has 1 atom stereocenters. The van der Waals surface area contributed by atoms with Crippen molar-refractivity contribution in [1.82, 2.24) is 0 Å². The number of nitrogens with two attached hydrogens (primary N) is 1. The molecule has 1 aliphatic rings. The topological polar surface area (TPSA) is 35.2 Å². The highest BCUT2D eigenvalue weighted by molar-refractivity contribution is 6.32. The van der Waals surface area contributed by atoms with Crippen LogP contribution in [-0.2, 0) is 0 Å². The van der Waals surface area contributed by atoms with E-state index in [9.17, 15) is 4.39 Å². The number of halogens is 2. The molecule has 0 saturated heterocycles. The van der Waals surface area contributed by atoms with E-state index in [4.69, 9.17) is 22.1 Å². The van der Waals surface area contributed by atoms with Gasteiger partial charge in [0.05, 0.1) is 16.6 Å². The molecule has 0 radical (unpaired) electrons. The van der Waals surface area contributed by atoms with Crippen molar-refractivity contribution in [2.24, 2.45) is 5.73 Å². The third-order valence-corrected chi connectivity index (χ3v) is 2.17. The average Bonchev–Trinajstić information content (AvgIpc) is 2.42. The highest BCUT2D eigenvalue weighted by atomic mass is 35.5. The molecule has 0 saturated carbocycles. The highest BCUT2D eigenvalue weighted by Gasteiger charge is 2.26. The standard InChI is InChI=1S/C8H7ClFNO/c9-4-1-2-5(10)7-6(11)3-12-8(4)7/h1-2,6H,3,11H2. The van der Waals surface area contributed by atoms with Crippen molar-refractivity contribution in [3.8, 4) is 5.75 Å². The molecule has 0 bridgehead atoms. The van der Waals surface area contributed by atoms with E-state index < -0.39 is 6.04 Å². The lowest BCUT2D eigenvalue weighted by atomic mass is 10.1. The van der Waals surface area contributed by atoms with Crippen molar-refractivity contribution >= 4 is 11.6 Å². The van der Waals surface area contributed by atoms with Crippen LogP contribution in [0.5, 0.6) is 5.75 Å². The molecule has 2 nitrogen and oxygen atoms in total. The van der Waals surface area contributed by atoms with E-state index in [2.05, 4.69) is 0 Å². The minimum atomic E-state index is -0.390. The van der Waals surface area contributed by atoms with Gasteiger partial charge in [-0.2, -0.15) is 0 Å². The zero-order valence-electron chi connectivity index (χ0n) is 6.18. The molecular formula is C8H7ClFNO. The SMILES string of the molecule is NC1COc2c(Cl)ccc(F)c21. The Balaban J connectivity index is 2.64. The zero-order valence-corrected chi connectivity index (χ0v) is 6.94. The fourth-order valence-electron chi connectivity index (χ4n) is 1.30. The summed E-state index contributed by atoms with van der Waals surface area (Å²) in [5.41, 5.74) is 5.98. The van der Waals surface area contributed by atoms with Gasteiger partial charge in [-0.15, -0.1) is 0 Å². The third-order valence-electron chi connectivity index (χ3n) is 1.87. The van der Waals surface area contributed by atoms with Crippen LogP contribution >= 0.6 is 11.6 Å². The number of hydrogen-bond donors (Lipinski definition) is 1. The van der Waals surface area contributed by atoms with Gasteiger partial charge in [-0.1, -0.05) is 11.6 Å². The second kappa shape index (κ2) is 2.61. The second-order valence-corrected chi connectivity index (χ2v) is 3.10. The fourth-order valence-corrected chi connectivity index (χ4v) is 1.52. The minimum absolute atomic E-state index is 0.302. The van der Waals surface area contributed by atoms with Crippen LogP contribution in [0.4, 0.5) is 4.39 Å². The molecule has 1 heterocycles. The molecule has 0 aliphatic carbocycles. The lowest BCUT2D eigenvalue weighted by Crippen LogP contribution is -2.11. The predicted molar refractivity (Wildman–Crippen MR) is 43.8 cm³/mol. The van der Waals surface area contributed by atoms with Crippen LogP contribution in [0, 0.1) is 5.82 Å². The molecule has 1 unspecified atom stereocenters. The Kier molecular flexibility index (Phi) is 1.70. The van der Waals surface area contributed by atoms with E-state index in [1.165, 1.54) is 12.1 Å². The number of hydrogen-bond acceptors (Lipinski definition) is 2. The maximum Gasteiger partial charge on any atom is 0.145 e. The Morgan fingerprint density at radius 2 is 2.33 bits per heavy atom. The molecule has 0 spiro atoms. The quantitative estimate of drug-likeness (QED) is 0.673. The number of rotatable bonds is 0. The molecule has 64 valence electrons. The van der Waals surface area contributed by atoms with Crippen LogP contribution < -0.4 is 10.5 Å². The smallest absolute Gasteiger partial charge is 0.145 e. The van der Waals surface area contributed by atoms with Crippen LogP contribution in [0.15, 0.2) is 12.1 Å². The van der Waals surface area contributed by atoms with E-state index in [1.807, 2.05) is 0 Å². The van der Waals surface area contributed by atoms with E-state index in [0.717, 1.165) is 0 Å². The predicted octanol–water partition coefficient (Wildman–Crippen LogP) is 1.87. The molecule has 4 heteroatoms. The first-order valence-electron chi connectivity index (χ1n) is 3.56. The lowest BCUT2D eigenvalue weighted by Gasteiger charge is -2.02. The van der Waals surface area contributed by atoms with Crippen molar-refractivity contribution in [1.29, 1.82) is 0 Å². The van der Waals surface area contributed by atoms with Gasteiger partial charge in [0, 0.05) is 0 Å². The molecule has 2 N–H and O–H groups in total. The Hall–Kier alpha value is -0.800. The molecule has 1 aliphatic heterocycles. The number of fused-ring (bicyclic) bond motifs is 1. The summed E-state index contributed by atoms with van der Waals surface area (Å²) in [5, 5.41) is 0.416.